The number of quaternary nitrogens is 1. The first-order chi connectivity index (χ1) is 11.9. The predicted molar refractivity (Wildman–Crippen MR) is 87.5 cm³/mol. The quantitative estimate of drug-likeness (QED) is 0.518. The number of carbonyl (C=O) groups is 3. The van der Waals surface area contributed by atoms with Crippen molar-refractivity contribution >= 4 is 28.7 Å². The number of para-hydroxylation sites is 1. The fourth-order valence-electron chi connectivity index (χ4n) is 2.72. The zero-order valence-electron chi connectivity index (χ0n) is 13.9. The Hall–Kier alpha value is -3.07. The topological polar surface area (TPSA) is 108 Å². The fraction of sp³-hybridized carbons (Fsp3) is 0.312. The number of nitrogens with one attached hydrogen (secondary N) is 2. The number of rotatable bonds is 5. The van der Waals surface area contributed by atoms with Crippen LogP contribution in [0.1, 0.15) is 12.7 Å². The van der Waals surface area contributed by atoms with Crippen LogP contribution in [0.5, 0.6) is 0 Å². The second-order valence-electron chi connectivity index (χ2n) is 5.85. The van der Waals surface area contributed by atoms with E-state index < -0.39 is 17.8 Å². The zero-order chi connectivity index (χ0) is 18.1. The predicted octanol–water partition coefficient (Wildman–Crippen LogP) is -1.29. The molecule has 9 heteroatoms. The van der Waals surface area contributed by atoms with Crippen LogP contribution >= 0.6 is 0 Å². The van der Waals surface area contributed by atoms with E-state index in [1.807, 2.05) is 6.92 Å². The van der Waals surface area contributed by atoms with Crippen LogP contribution in [0, 0.1) is 0 Å². The number of amides is 4. The summed E-state index contributed by atoms with van der Waals surface area (Å²) in [4.78, 5) is 57.3. The molecule has 130 valence electrons. The molecule has 1 aliphatic heterocycles. The summed E-state index contributed by atoms with van der Waals surface area (Å²) in [5.41, 5.74) is 0.347. The van der Waals surface area contributed by atoms with Gasteiger partial charge in [-0.3, -0.25) is 19.3 Å². The minimum Gasteiger partial charge on any atom is -0.311 e. The maximum absolute atomic E-state index is 12.1. The van der Waals surface area contributed by atoms with Gasteiger partial charge >= 0.3 is 17.8 Å². The number of imide groups is 2. The maximum atomic E-state index is 12.1. The molecule has 0 radical (unpaired) electrons. The van der Waals surface area contributed by atoms with Gasteiger partial charge in [0.1, 0.15) is 6.54 Å². The van der Waals surface area contributed by atoms with Gasteiger partial charge in [-0.2, -0.15) is 0 Å². The Morgan fingerprint density at radius 1 is 1.12 bits per heavy atom. The highest BCUT2D eigenvalue weighted by Crippen LogP contribution is 2.08. The molecule has 1 saturated heterocycles. The molecule has 4 amide bonds. The lowest BCUT2D eigenvalue weighted by molar-refractivity contribution is -0.919. The average molecular weight is 344 g/mol. The molecule has 2 heterocycles. The Balaban J connectivity index is 1.81. The highest BCUT2D eigenvalue weighted by molar-refractivity contribution is 6.44. The third kappa shape index (κ3) is 3.01. The highest BCUT2D eigenvalue weighted by atomic mass is 16.2. The second-order valence-corrected chi connectivity index (χ2v) is 5.85. The van der Waals surface area contributed by atoms with E-state index in [0.29, 0.717) is 29.8 Å². The summed E-state index contributed by atoms with van der Waals surface area (Å²) >= 11 is 0. The van der Waals surface area contributed by atoms with Crippen LogP contribution in [-0.4, -0.2) is 57.9 Å². The second kappa shape index (κ2) is 6.44. The van der Waals surface area contributed by atoms with Gasteiger partial charge in [-0.1, -0.05) is 12.1 Å². The smallest absolute Gasteiger partial charge is 0.311 e. The normalized spacial score (nSPS) is 16.2. The molecule has 0 saturated carbocycles. The molecule has 0 bridgehead atoms. The Bertz CT molecular complexity index is 922. The van der Waals surface area contributed by atoms with E-state index in [-0.39, 0.29) is 12.2 Å². The van der Waals surface area contributed by atoms with Crippen LogP contribution in [-0.2, 0) is 16.1 Å². The van der Waals surface area contributed by atoms with Crippen molar-refractivity contribution in [3.05, 3.63) is 40.4 Å². The van der Waals surface area contributed by atoms with Crippen molar-refractivity contribution in [2.45, 2.75) is 13.5 Å². The Morgan fingerprint density at radius 2 is 1.84 bits per heavy atom. The summed E-state index contributed by atoms with van der Waals surface area (Å²) in [6, 6.07) is 6.37. The number of aromatic amines is 1. The molecular weight excluding hydrogens is 326 g/mol. The van der Waals surface area contributed by atoms with Gasteiger partial charge in [0.15, 0.2) is 12.5 Å². The molecule has 0 spiro atoms. The highest BCUT2D eigenvalue weighted by Gasteiger charge is 2.43. The SMILES string of the molecule is CC[NH+](Cc1nc2ccccc2c(=O)[nH]1)CN1C(=O)C(=O)N(C)C1=O. The number of likely N-dealkylation sites (N-methyl/N-ethyl adjacent to an activating group) is 1. The summed E-state index contributed by atoms with van der Waals surface area (Å²) in [5, 5.41) is 0.501. The molecule has 1 unspecified atom stereocenters. The molecule has 2 N–H and O–H groups in total. The van der Waals surface area contributed by atoms with Gasteiger partial charge in [-0.05, 0) is 19.1 Å². The largest absolute Gasteiger partial charge is 0.338 e. The number of H-pyrrole nitrogens is 1. The van der Waals surface area contributed by atoms with Crippen molar-refractivity contribution in [3.63, 3.8) is 0 Å². The number of hydrogen-bond donors (Lipinski definition) is 2. The van der Waals surface area contributed by atoms with Crippen molar-refractivity contribution < 1.29 is 19.3 Å². The van der Waals surface area contributed by atoms with Crippen LogP contribution in [0.3, 0.4) is 0 Å². The number of benzene rings is 1. The van der Waals surface area contributed by atoms with Crippen molar-refractivity contribution in [1.82, 2.24) is 19.8 Å². The number of nitrogens with zero attached hydrogens (tertiary/aromatic N) is 3. The van der Waals surface area contributed by atoms with E-state index in [0.717, 1.165) is 14.7 Å². The molecule has 1 aromatic carbocycles. The molecule has 25 heavy (non-hydrogen) atoms. The molecule has 2 aromatic rings. The van der Waals surface area contributed by atoms with Crippen LogP contribution < -0.4 is 10.5 Å². The van der Waals surface area contributed by atoms with Crippen molar-refractivity contribution in [2.75, 3.05) is 20.3 Å². The number of carbonyl (C=O) groups excluding carboxylic acids is 3. The first-order valence-electron chi connectivity index (χ1n) is 7.87. The van der Waals surface area contributed by atoms with Gasteiger partial charge in [0.2, 0.25) is 0 Å². The third-order valence-electron chi connectivity index (χ3n) is 4.21. The number of urea groups is 1. The lowest BCUT2D eigenvalue weighted by atomic mass is 10.2. The molecule has 1 atom stereocenters. The van der Waals surface area contributed by atoms with E-state index in [1.165, 1.54) is 7.05 Å². The van der Waals surface area contributed by atoms with E-state index in [1.54, 1.807) is 24.3 Å². The van der Waals surface area contributed by atoms with E-state index in [4.69, 9.17) is 0 Å². The molecule has 0 aliphatic carbocycles. The minimum atomic E-state index is -0.835. The molecule has 3 rings (SSSR count). The summed E-state index contributed by atoms with van der Waals surface area (Å²) in [5.74, 6) is -1.21. The number of fused-ring (bicyclic) bond motifs is 1. The van der Waals surface area contributed by atoms with Gasteiger partial charge in [0.05, 0.1) is 17.4 Å². The monoisotopic (exact) mass is 344 g/mol. The Morgan fingerprint density at radius 3 is 2.48 bits per heavy atom. The molecule has 1 fully saturated rings. The first-order valence-corrected chi connectivity index (χ1v) is 7.87. The van der Waals surface area contributed by atoms with E-state index in [9.17, 15) is 19.2 Å². The fourth-order valence-corrected chi connectivity index (χ4v) is 2.72. The van der Waals surface area contributed by atoms with Crippen LogP contribution in [0.4, 0.5) is 4.79 Å². The minimum absolute atomic E-state index is 0.0286. The number of hydrogen-bond acceptors (Lipinski definition) is 5. The first kappa shape index (κ1) is 16.8. The standard InChI is InChI=1S/C16H17N5O4/c1-3-20(9-21-15(24)14(23)19(2)16(21)25)8-12-17-11-7-5-4-6-10(11)13(22)18-12/h4-7H,3,8-9H2,1-2H3,(H,17,18,22)/p+1. The van der Waals surface area contributed by atoms with Crippen LogP contribution in [0.25, 0.3) is 10.9 Å². The van der Waals surface area contributed by atoms with Gasteiger partial charge < -0.3 is 9.88 Å². The zero-order valence-corrected chi connectivity index (χ0v) is 13.9. The summed E-state index contributed by atoms with van der Waals surface area (Å²) in [6.07, 6.45) is 0. The molecular formula is C16H18N5O4+. The van der Waals surface area contributed by atoms with E-state index in [2.05, 4.69) is 9.97 Å². The van der Waals surface area contributed by atoms with Gasteiger partial charge in [0, 0.05) is 7.05 Å². The number of aromatic nitrogens is 2. The van der Waals surface area contributed by atoms with Crippen LogP contribution in [0.15, 0.2) is 29.1 Å². The van der Waals surface area contributed by atoms with Crippen molar-refractivity contribution in [2.24, 2.45) is 0 Å². The maximum Gasteiger partial charge on any atom is 0.338 e. The molecule has 1 aliphatic rings. The average Bonchev–Trinajstić information content (AvgIpc) is 2.79. The molecule has 9 nitrogen and oxygen atoms in total. The van der Waals surface area contributed by atoms with Gasteiger partial charge in [0.25, 0.3) is 5.56 Å². The Kier molecular flexibility index (Phi) is 4.32. The summed E-state index contributed by atoms with van der Waals surface area (Å²) < 4.78 is 0. The van der Waals surface area contributed by atoms with Crippen molar-refractivity contribution in [3.8, 4) is 0 Å². The third-order valence-corrected chi connectivity index (χ3v) is 4.21. The summed E-state index contributed by atoms with van der Waals surface area (Å²) in [6.45, 7) is 2.79. The van der Waals surface area contributed by atoms with Crippen molar-refractivity contribution in [1.29, 1.82) is 0 Å². The van der Waals surface area contributed by atoms with E-state index >= 15 is 0 Å². The Labute approximate surface area is 142 Å². The summed E-state index contributed by atoms with van der Waals surface area (Å²) in [7, 11) is 1.27. The lowest BCUT2D eigenvalue weighted by Gasteiger charge is -2.21. The van der Waals surface area contributed by atoms with Crippen LogP contribution in [0.2, 0.25) is 0 Å². The molecule has 1 aromatic heterocycles. The van der Waals surface area contributed by atoms with Gasteiger partial charge in [-0.25, -0.2) is 14.7 Å². The van der Waals surface area contributed by atoms with Gasteiger partial charge in [-0.15, -0.1) is 0 Å². The lowest BCUT2D eigenvalue weighted by Crippen LogP contribution is -3.12.